The van der Waals surface area contributed by atoms with Gasteiger partial charge in [0.25, 0.3) is 17.7 Å². The summed E-state index contributed by atoms with van der Waals surface area (Å²) in [6.45, 7) is 0. The number of carbonyl (C=O) groups excluding carboxylic acids is 5. The summed E-state index contributed by atoms with van der Waals surface area (Å²) in [6.07, 6.45) is 68.6. The van der Waals surface area contributed by atoms with E-state index in [1.54, 1.807) is 102 Å². The summed E-state index contributed by atoms with van der Waals surface area (Å²) < 4.78 is 27.8. The molecule has 5 aliphatic rings. The van der Waals surface area contributed by atoms with Crippen LogP contribution in [0.25, 0.3) is 57.1 Å². The number of rotatable bonds is 40. The standard InChI is InChI=1S/C21H28N2O3.C20H27N3O3.C19H26N4O3.2C18H25N5O3/c24-20(23-25)14-18(13-7-10-16-8-3-1-4-9-16)21-22-15-19(26-21)17-11-5-2-6-12-17;24-19(23-25)13-17(8-4-7-15-5-2-1-3-6-15)20-22-14-18(26-20)16-9-11-21-12-10-16;24-17(22-25)12-15(9-4-8-14-6-2-1-3-7-14)18-21-19(26-23-18)16-10-5-11-20-13-16;24-16(22-25)9-14(8-4-7-13-5-2-1-3-6-13)17-21-18(26-23-17)15-10-19-12-20-11-15;24-16(22-25)11-14(8-4-7-13-5-2-1-3-6-13)17-21-18(26-23-17)15-12-19-9-10-20-15/h2,5-6,11-12,15-16,18,25H,1,3-4,7-10,13-14H2,(H,23,24);9-12,14-15,17,25H,1-8,13H2,(H,23,24);5,10-11,13-15,25H,1-4,6-9,12H2,(H,22,24);10-14,25H,1-9H2,(H,22,24);9-10,12-14,25H,1-8,11H2,(H,22,24)/t18-;17-;15-;2*14-/m11111/s1. The zero-order chi connectivity index (χ0) is 91.0. The van der Waals surface area contributed by atoms with Crippen LogP contribution in [-0.2, 0) is 24.0 Å². The second kappa shape index (κ2) is 56.3. The molecule has 34 heteroatoms. The second-order valence-corrected chi connectivity index (χ2v) is 35.4. The quantitative estimate of drug-likeness (QED) is 0.0126. The lowest BCUT2D eigenvalue weighted by Crippen LogP contribution is -2.21. The van der Waals surface area contributed by atoms with Crippen molar-refractivity contribution in [2.45, 2.75) is 319 Å². The molecule has 5 saturated carbocycles. The molecule has 0 spiro atoms. The Balaban J connectivity index is 0.000000157. The van der Waals surface area contributed by atoms with Gasteiger partial charge in [0.2, 0.25) is 29.5 Å². The molecule has 5 aliphatic carbocycles. The lowest BCUT2D eigenvalue weighted by atomic mass is 9.84. The number of oxazole rings is 2. The van der Waals surface area contributed by atoms with Crippen molar-refractivity contribution in [3.05, 3.63) is 158 Å². The summed E-state index contributed by atoms with van der Waals surface area (Å²) in [7, 11) is 0. The summed E-state index contributed by atoms with van der Waals surface area (Å²) in [6, 6.07) is 17.2. The Morgan fingerprint density at radius 2 is 0.646 bits per heavy atom. The smallest absolute Gasteiger partial charge is 0.278 e. The maximum Gasteiger partial charge on any atom is 0.278 e. The van der Waals surface area contributed by atoms with Gasteiger partial charge in [0.1, 0.15) is 12.0 Å². The summed E-state index contributed by atoms with van der Waals surface area (Å²) in [5.74, 6) is 6.11. The van der Waals surface area contributed by atoms with Crippen LogP contribution in [0.4, 0.5) is 0 Å². The largest absolute Gasteiger partial charge is 0.440 e. The predicted molar refractivity (Wildman–Crippen MR) is 478 cm³/mol. The first kappa shape index (κ1) is 99.2. The third-order valence-corrected chi connectivity index (χ3v) is 25.9. The van der Waals surface area contributed by atoms with E-state index in [1.165, 1.54) is 186 Å². The topological polar surface area (TPSA) is 493 Å². The molecule has 10 aromatic rings. The average Bonchev–Trinajstić information content (AvgIpc) is 1.73. The van der Waals surface area contributed by atoms with E-state index in [4.69, 9.17) is 48.4 Å². The molecule has 1 aromatic carbocycles. The fraction of sp³-hybridized carbons (Fsp3) is 0.573. The van der Waals surface area contributed by atoms with Gasteiger partial charge in [0.05, 0.1) is 29.7 Å². The molecule has 0 radical (unpaired) electrons. The van der Waals surface area contributed by atoms with Crippen LogP contribution in [0.2, 0.25) is 0 Å². The average molecular weight is 1790 g/mol. The first-order chi connectivity index (χ1) is 63.8. The number of aromatic nitrogens is 14. The summed E-state index contributed by atoms with van der Waals surface area (Å²) >= 11 is 0. The molecule has 0 aliphatic heterocycles. The van der Waals surface area contributed by atoms with Gasteiger partial charge < -0.3 is 22.4 Å². The number of amides is 5. The third kappa shape index (κ3) is 34.2. The lowest BCUT2D eigenvalue weighted by Gasteiger charge is -2.22. The fourth-order valence-corrected chi connectivity index (χ4v) is 18.8. The maximum absolute atomic E-state index is 11.7. The first-order valence-corrected chi connectivity index (χ1v) is 47.2. The van der Waals surface area contributed by atoms with Gasteiger partial charge in [-0.15, -0.1) is 0 Å². The number of hydrogen-bond donors (Lipinski definition) is 10. The van der Waals surface area contributed by atoms with Gasteiger partial charge in [-0.05, 0) is 86.0 Å². The van der Waals surface area contributed by atoms with Crippen LogP contribution in [0.15, 0.2) is 151 Å². The third-order valence-electron chi connectivity index (χ3n) is 25.9. The zero-order valence-corrected chi connectivity index (χ0v) is 74.8. The van der Waals surface area contributed by atoms with Crippen LogP contribution in [0.1, 0.15) is 348 Å². The number of hydrogen-bond acceptors (Lipinski definition) is 29. The van der Waals surface area contributed by atoms with Crippen molar-refractivity contribution in [2.75, 3.05) is 0 Å². The number of pyridine rings is 2. The van der Waals surface area contributed by atoms with Gasteiger partial charge in [-0.25, -0.2) is 52.3 Å². The van der Waals surface area contributed by atoms with Crippen LogP contribution in [0, 0.1) is 29.6 Å². The van der Waals surface area contributed by atoms with E-state index < -0.39 is 29.5 Å². The molecule has 15 rings (SSSR count). The molecule has 5 atom stereocenters. The van der Waals surface area contributed by atoms with E-state index in [0.29, 0.717) is 63.8 Å². The van der Waals surface area contributed by atoms with Crippen molar-refractivity contribution >= 4 is 29.5 Å². The highest BCUT2D eigenvalue weighted by atomic mass is 16.5. The van der Waals surface area contributed by atoms with Gasteiger partial charge in [-0.1, -0.05) is 271 Å². The van der Waals surface area contributed by atoms with Gasteiger partial charge in [-0.2, -0.15) is 15.0 Å². The van der Waals surface area contributed by atoms with Crippen LogP contribution in [0.5, 0.6) is 0 Å². The molecule has 0 unspecified atom stereocenters. The monoisotopic (exact) mass is 1790 g/mol. The zero-order valence-electron chi connectivity index (χ0n) is 74.8. The fourth-order valence-electron chi connectivity index (χ4n) is 18.8. The molecule has 130 heavy (non-hydrogen) atoms. The summed E-state index contributed by atoms with van der Waals surface area (Å²) in [5.41, 5.74) is 12.3. The first-order valence-electron chi connectivity index (χ1n) is 47.2. The molecule has 9 heterocycles. The molecule has 5 fully saturated rings. The summed E-state index contributed by atoms with van der Waals surface area (Å²) in [5, 5.41) is 56.5. The molecule has 700 valence electrons. The molecular formula is C96H131N19O15. The number of hydroxylamine groups is 5. The van der Waals surface area contributed by atoms with Crippen LogP contribution in [-0.4, -0.2) is 126 Å². The van der Waals surface area contributed by atoms with E-state index in [-0.39, 0.29) is 67.6 Å². The van der Waals surface area contributed by atoms with Gasteiger partial charge in [-0.3, -0.25) is 65.0 Å². The Bertz CT molecular complexity index is 4110. The molecular weight excluding hydrogens is 1660 g/mol. The van der Waals surface area contributed by atoms with Crippen molar-refractivity contribution < 1.29 is 72.4 Å². The predicted octanol–water partition coefficient (Wildman–Crippen LogP) is 19.9. The van der Waals surface area contributed by atoms with Gasteiger partial charge in [0.15, 0.2) is 40.8 Å². The van der Waals surface area contributed by atoms with Crippen molar-refractivity contribution in [3.63, 3.8) is 0 Å². The minimum atomic E-state index is -0.446. The molecule has 34 nitrogen and oxygen atoms in total. The van der Waals surface area contributed by atoms with E-state index in [2.05, 4.69) is 70.3 Å². The van der Waals surface area contributed by atoms with Gasteiger partial charge in [0, 0.05) is 122 Å². The van der Waals surface area contributed by atoms with Crippen molar-refractivity contribution in [3.8, 4) is 57.1 Å². The Hall–Kier alpha value is -11.3. The molecule has 5 amide bonds. The summed E-state index contributed by atoms with van der Waals surface area (Å²) in [4.78, 5) is 105. The number of carbonyl (C=O) groups is 5. The van der Waals surface area contributed by atoms with E-state index in [9.17, 15) is 24.0 Å². The highest BCUT2D eigenvalue weighted by Crippen LogP contribution is 2.39. The van der Waals surface area contributed by atoms with E-state index in [1.807, 2.05) is 48.5 Å². The van der Waals surface area contributed by atoms with E-state index in [0.717, 1.165) is 123 Å². The highest BCUT2D eigenvalue weighted by Gasteiger charge is 2.30. The molecule has 10 N–H and O–H groups in total. The number of nitrogens with one attached hydrogen (secondary N) is 5. The lowest BCUT2D eigenvalue weighted by molar-refractivity contribution is -0.130. The number of benzene rings is 1. The maximum atomic E-state index is 11.7. The number of nitrogens with zero attached hydrogens (tertiary/aromatic N) is 14. The van der Waals surface area contributed by atoms with Crippen LogP contribution >= 0.6 is 0 Å². The van der Waals surface area contributed by atoms with E-state index >= 15 is 0 Å². The van der Waals surface area contributed by atoms with Crippen molar-refractivity contribution in [2.24, 2.45) is 29.6 Å². The highest BCUT2D eigenvalue weighted by molar-refractivity contribution is 5.77. The molecule has 0 bridgehead atoms. The normalized spacial score (nSPS) is 16.3. The molecule has 0 saturated heterocycles. The molecule has 9 aromatic heterocycles. The van der Waals surface area contributed by atoms with Crippen LogP contribution in [0.3, 0.4) is 0 Å². The van der Waals surface area contributed by atoms with Crippen molar-refractivity contribution in [1.82, 2.24) is 97.7 Å². The van der Waals surface area contributed by atoms with Gasteiger partial charge >= 0.3 is 0 Å². The Kier molecular flexibility index (Phi) is 43.0. The second-order valence-electron chi connectivity index (χ2n) is 35.4. The Labute approximate surface area is 759 Å². The van der Waals surface area contributed by atoms with Crippen LogP contribution < -0.4 is 27.4 Å². The van der Waals surface area contributed by atoms with Crippen molar-refractivity contribution in [1.29, 1.82) is 0 Å². The Morgan fingerprint density at radius 1 is 0.315 bits per heavy atom. The SMILES string of the molecule is O=C(C[C@@H](CCCC1CCCCC1)c1ncc(-c2ccccc2)o1)NO.O=C(C[C@@H](CCCC1CCCCC1)c1ncc(-c2ccncc2)o1)NO.O=C(C[C@@H](CCCC1CCCCC1)c1noc(-c2cccnc2)n1)NO.O=C(C[C@@H](CCCC1CCCCC1)c1noc(-c2cnccn2)n1)NO.O=C(C[C@@H](CCCC1CCCCC1)c1noc(-c2cncnc2)n1)NO. The Morgan fingerprint density at radius 3 is 1.01 bits per heavy atom. The minimum absolute atomic E-state index is 0.108. The minimum Gasteiger partial charge on any atom is -0.440 e.